The van der Waals surface area contributed by atoms with Gasteiger partial charge in [0.2, 0.25) is 0 Å². The number of hydrogen-bond acceptors (Lipinski definition) is 2. The van der Waals surface area contributed by atoms with E-state index in [9.17, 15) is 4.79 Å². The van der Waals surface area contributed by atoms with Crippen LogP contribution in [0.2, 0.25) is 0 Å². The highest BCUT2D eigenvalue weighted by molar-refractivity contribution is 5.98. The summed E-state index contributed by atoms with van der Waals surface area (Å²) in [4.78, 5) is 12.7. The Bertz CT molecular complexity index is 500. The lowest BCUT2D eigenvalue weighted by Crippen LogP contribution is -2.30. The van der Waals surface area contributed by atoms with Crippen molar-refractivity contribution in [3.63, 3.8) is 0 Å². The average molecular weight is 272 g/mol. The maximum atomic E-state index is 12.7. The Kier molecular flexibility index (Phi) is 3.45. The highest BCUT2D eigenvalue weighted by atomic mass is 16.5. The molecule has 0 aliphatic carbocycles. The van der Waals surface area contributed by atoms with Gasteiger partial charge in [0, 0.05) is 11.5 Å². The molecule has 2 aliphatic rings. The van der Waals surface area contributed by atoms with Crippen molar-refractivity contribution >= 4 is 5.78 Å². The molecule has 0 amide bonds. The van der Waals surface area contributed by atoms with Crippen molar-refractivity contribution < 1.29 is 9.53 Å². The maximum absolute atomic E-state index is 12.7. The van der Waals surface area contributed by atoms with E-state index < -0.39 is 0 Å². The zero-order chi connectivity index (χ0) is 14.3. The molecule has 108 valence electrons. The van der Waals surface area contributed by atoms with Gasteiger partial charge in [-0.15, -0.1) is 0 Å². The minimum Gasteiger partial charge on any atom is -0.375 e. The van der Waals surface area contributed by atoms with Gasteiger partial charge < -0.3 is 4.74 Å². The number of carbonyl (C=O) groups excluding carboxylic acids is 1. The van der Waals surface area contributed by atoms with Crippen LogP contribution >= 0.6 is 0 Å². The fraction of sp³-hybridized carbons (Fsp3) is 0.611. The van der Waals surface area contributed by atoms with Crippen LogP contribution in [0, 0.1) is 5.92 Å². The molecule has 0 aromatic heterocycles. The third-order valence-corrected chi connectivity index (χ3v) is 4.67. The van der Waals surface area contributed by atoms with E-state index in [2.05, 4.69) is 32.9 Å². The van der Waals surface area contributed by atoms with Crippen LogP contribution < -0.4 is 0 Å². The van der Waals surface area contributed by atoms with Crippen LogP contribution in [0.5, 0.6) is 0 Å². The summed E-state index contributed by atoms with van der Waals surface area (Å²) in [5, 5.41) is 0. The van der Waals surface area contributed by atoms with Gasteiger partial charge in [0.1, 0.15) is 0 Å². The standard InChI is InChI=1S/C18H24O2/c1-18(2,3)14-6-4-5-12(9-14)17(19)13-10-15-7-8-16(11-13)20-15/h4-6,9,13,15-16H,7-8,10-11H2,1-3H3. The van der Waals surface area contributed by atoms with E-state index in [1.165, 1.54) is 5.56 Å². The van der Waals surface area contributed by atoms with Crippen molar-refractivity contribution in [2.24, 2.45) is 5.92 Å². The van der Waals surface area contributed by atoms with Gasteiger partial charge >= 0.3 is 0 Å². The van der Waals surface area contributed by atoms with Gasteiger partial charge in [0.25, 0.3) is 0 Å². The largest absolute Gasteiger partial charge is 0.375 e. The molecule has 2 nitrogen and oxygen atoms in total. The average Bonchev–Trinajstić information content (AvgIpc) is 2.76. The van der Waals surface area contributed by atoms with Crippen molar-refractivity contribution in [3.8, 4) is 0 Å². The molecule has 20 heavy (non-hydrogen) atoms. The molecule has 1 aromatic carbocycles. The Morgan fingerprint density at radius 2 is 1.80 bits per heavy atom. The smallest absolute Gasteiger partial charge is 0.166 e. The fourth-order valence-corrected chi connectivity index (χ4v) is 3.45. The first kappa shape index (κ1) is 13.8. The van der Waals surface area contributed by atoms with Crippen LogP contribution in [-0.4, -0.2) is 18.0 Å². The molecule has 0 N–H and O–H groups in total. The van der Waals surface area contributed by atoms with Crippen LogP contribution in [0.25, 0.3) is 0 Å². The SMILES string of the molecule is CC(C)(C)c1cccc(C(=O)C2CC3CCC(C2)O3)c1. The van der Waals surface area contributed by atoms with Gasteiger partial charge in [-0.3, -0.25) is 4.79 Å². The number of Topliss-reactive ketones (excluding diaryl/α,β-unsaturated/α-hetero) is 1. The molecule has 0 saturated carbocycles. The summed E-state index contributed by atoms with van der Waals surface area (Å²) in [6.07, 6.45) is 4.75. The first-order valence-corrected chi connectivity index (χ1v) is 7.74. The zero-order valence-corrected chi connectivity index (χ0v) is 12.7. The Morgan fingerprint density at radius 1 is 1.15 bits per heavy atom. The molecule has 2 bridgehead atoms. The predicted octanol–water partition coefficient (Wildman–Crippen LogP) is 4.12. The summed E-state index contributed by atoms with van der Waals surface area (Å²) in [7, 11) is 0. The lowest BCUT2D eigenvalue weighted by Gasteiger charge is -2.27. The number of rotatable bonds is 2. The van der Waals surface area contributed by atoms with E-state index in [-0.39, 0.29) is 11.3 Å². The van der Waals surface area contributed by atoms with Gasteiger partial charge in [0.05, 0.1) is 12.2 Å². The van der Waals surface area contributed by atoms with Crippen LogP contribution in [0.4, 0.5) is 0 Å². The molecule has 2 atom stereocenters. The molecule has 0 radical (unpaired) electrons. The topological polar surface area (TPSA) is 26.3 Å². The minimum atomic E-state index is 0.0883. The third kappa shape index (κ3) is 2.67. The van der Waals surface area contributed by atoms with E-state index in [1.54, 1.807) is 0 Å². The second-order valence-electron chi connectivity index (χ2n) is 7.32. The summed E-state index contributed by atoms with van der Waals surface area (Å²) in [6, 6.07) is 8.18. The van der Waals surface area contributed by atoms with Crippen molar-refractivity contribution in [2.45, 2.75) is 64.1 Å². The first-order valence-electron chi connectivity index (χ1n) is 7.74. The van der Waals surface area contributed by atoms with Crippen LogP contribution in [0.15, 0.2) is 24.3 Å². The Hall–Kier alpha value is -1.15. The summed E-state index contributed by atoms with van der Waals surface area (Å²) in [6.45, 7) is 6.56. The van der Waals surface area contributed by atoms with Gasteiger partial charge in [-0.1, -0.05) is 39.0 Å². The summed E-state index contributed by atoms with van der Waals surface area (Å²) in [5.74, 6) is 0.479. The Labute approximate surface area is 121 Å². The molecule has 3 rings (SSSR count). The van der Waals surface area contributed by atoms with E-state index in [0.717, 1.165) is 31.2 Å². The molecule has 2 aliphatic heterocycles. The van der Waals surface area contributed by atoms with Crippen LogP contribution in [0.3, 0.4) is 0 Å². The predicted molar refractivity (Wildman–Crippen MR) is 80.1 cm³/mol. The van der Waals surface area contributed by atoms with Crippen molar-refractivity contribution in [1.82, 2.24) is 0 Å². The van der Waals surface area contributed by atoms with Crippen molar-refractivity contribution in [1.29, 1.82) is 0 Å². The van der Waals surface area contributed by atoms with E-state index in [4.69, 9.17) is 4.74 Å². The van der Waals surface area contributed by atoms with Gasteiger partial charge in [-0.25, -0.2) is 0 Å². The quantitative estimate of drug-likeness (QED) is 0.757. The maximum Gasteiger partial charge on any atom is 0.166 e. The van der Waals surface area contributed by atoms with Crippen molar-refractivity contribution in [3.05, 3.63) is 35.4 Å². The lowest BCUT2D eigenvalue weighted by molar-refractivity contribution is -0.0149. The Balaban J connectivity index is 1.80. The van der Waals surface area contributed by atoms with E-state index >= 15 is 0 Å². The molecule has 2 heterocycles. The normalized spacial score (nSPS) is 29.4. The van der Waals surface area contributed by atoms with E-state index in [0.29, 0.717) is 18.0 Å². The first-order chi connectivity index (χ1) is 9.43. The van der Waals surface area contributed by atoms with Gasteiger partial charge in [-0.2, -0.15) is 0 Å². The summed E-state index contributed by atoms with van der Waals surface area (Å²) in [5.41, 5.74) is 2.20. The second kappa shape index (κ2) is 5.00. The fourth-order valence-electron chi connectivity index (χ4n) is 3.45. The number of benzene rings is 1. The minimum absolute atomic E-state index is 0.0883. The Morgan fingerprint density at radius 3 is 2.40 bits per heavy atom. The molecule has 2 fully saturated rings. The molecule has 0 spiro atoms. The lowest BCUT2D eigenvalue weighted by atomic mass is 9.83. The molecular weight excluding hydrogens is 248 g/mol. The van der Waals surface area contributed by atoms with E-state index in [1.807, 2.05) is 12.1 Å². The summed E-state index contributed by atoms with van der Waals surface area (Å²) >= 11 is 0. The number of hydrogen-bond donors (Lipinski definition) is 0. The monoisotopic (exact) mass is 272 g/mol. The molecule has 1 aromatic rings. The van der Waals surface area contributed by atoms with Gasteiger partial charge in [0.15, 0.2) is 5.78 Å². The second-order valence-corrected chi connectivity index (χ2v) is 7.32. The molecule has 2 unspecified atom stereocenters. The van der Waals surface area contributed by atoms with Gasteiger partial charge in [-0.05, 0) is 42.7 Å². The number of ether oxygens (including phenoxy) is 1. The molecular formula is C18H24O2. The van der Waals surface area contributed by atoms with Crippen LogP contribution in [0.1, 0.15) is 62.4 Å². The highest BCUT2D eigenvalue weighted by Gasteiger charge is 2.38. The van der Waals surface area contributed by atoms with Crippen molar-refractivity contribution in [2.75, 3.05) is 0 Å². The number of ketones is 1. The molecule has 2 saturated heterocycles. The number of fused-ring (bicyclic) bond motifs is 2. The highest BCUT2D eigenvalue weighted by Crippen LogP contribution is 2.37. The van der Waals surface area contributed by atoms with Crippen LogP contribution in [-0.2, 0) is 10.2 Å². The molecule has 2 heteroatoms. The summed E-state index contributed by atoms with van der Waals surface area (Å²) < 4.78 is 5.84. The zero-order valence-electron chi connectivity index (χ0n) is 12.7. The third-order valence-electron chi connectivity index (χ3n) is 4.67. The number of carbonyl (C=O) groups is 1.